The van der Waals surface area contributed by atoms with E-state index < -0.39 is 17.5 Å². The standard InChI is InChI=1S/C11H13FO2/c1-11(2)6-9(13)7-4-3-5-8(12)10(7)14-11/h3-5,9,13H,6H2,1-2H3/t9-/m1/s1. The molecule has 1 heterocycles. The third-order valence-corrected chi connectivity index (χ3v) is 2.42. The number of fused-ring (bicyclic) bond motifs is 1. The van der Waals surface area contributed by atoms with Gasteiger partial charge in [-0.05, 0) is 19.9 Å². The van der Waals surface area contributed by atoms with Crippen molar-refractivity contribution in [2.75, 3.05) is 0 Å². The second-order valence-electron chi connectivity index (χ2n) is 4.24. The molecule has 0 amide bonds. The van der Waals surface area contributed by atoms with Crippen molar-refractivity contribution in [3.05, 3.63) is 29.6 Å². The molecular formula is C11H13FO2. The van der Waals surface area contributed by atoms with E-state index in [1.807, 2.05) is 13.8 Å². The van der Waals surface area contributed by atoms with E-state index in [4.69, 9.17) is 4.74 Å². The van der Waals surface area contributed by atoms with Crippen molar-refractivity contribution >= 4 is 0 Å². The Bertz CT molecular complexity index is 360. The van der Waals surface area contributed by atoms with Crippen LogP contribution in [0.1, 0.15) is 31.9 Å². The van der Waals surface area contributed by atoms with Gasteiger partial charge in [-0.15, -0.1) is 0 Å². The van der Waals surface area contributed by atoms with Gasteiger partial charge in [-0.3, -0.25) is 0 Å². The average molecular weight is 196 g/mol. The van der Waals surface area contributed by atoms with Gasteiger partial charge in [0.1, 0.15) is 5.60 Å². The number of hydrogen-bond acceptors (Lipinski definition) is 2. The van der Waals surface area contributed by atoms with E-state index in [9.17, 15) is 9.50 Å². The molecule has 1 aromatic rings. The monoisotopic (exact) mass is 196 g/mol. The fourth-order valence-electron chi connectivity index (χ4n) is 1.79. The molecule has 3 heteroatoms. The van der Waals surface area contributed by atoms with Crippen LogP contribution in [0.4, 0.5) is 4.39 Å². The third-order valence-electron chi connectivity index (χ3n) is 2.42. The second-order valence-corrected chi connectivity index (χ2v) is 4.24. The van der Waals surface area contributed by atoms with Gasteiger partial charge >= 0.3 is 0 Å². The van der Waals surface area contributed by atoms with Gasteiger partial charge in [-0.25, -0.2) is 4.39 Å². The van der Waals surface area contributed by atoms with E-state index in [1.54, 1.807) is 12.1 Å². The Morgan fingerprint density at radius 3 is 2.93 bits per heavy atom. The largest absolute Gasteiger partial charge is 0.484 e. The molecule has 1 aromatic carbocycles. The van der Waals surface area contributed by atoms with Gasteiger partial charge in [0.25, 0.3) is 0 Å². The first-order valence-electron chi connectivity index (χ1n) is 4.65. The predicted octanol–water partition coefficient (Wildman–Crippen LogP) is 2.42. The van der Waals surface area contributed by atoms with E-state index in [1.165, 1.54) is 6.07 Å². The predicted molar refractivity (Wildman–Crippen MR) is 50.7 cm³/mol. The number of aliphatic hydroxyl groups excluding tert-OH is 1. The van der Waals surface area contributed by atoms with Crippen LogP contribution in [0.5, 0.6) is 5.75 Å². The molecule has 0 aromatic heterocycles. The van der Waals surface area contributed by atoms with E-state index >= 15 is 0 Å². The molecule has 0 radical (unpaired) electrons. The number of ether oxygens (including phenoxy) is 1. The van der Waals surface area contributed by atoms with Crippen LogP contribution in [-0.2, 0) is 0 Å². The lowest BCUT2D eigenvalue weighted by Crippen LogP contribution is -2.35. The molecule has 76 valence electrons. The molecule has 1 N–H and O–H groups in total. The molecule has 0 aliphatic carbocycles. The topological polar surface area (TPSA) is 29.5 Å². The summed E-state index contributed by atoms with van der Waals surface area (Å²) in [5.74, 6) is -0.217. The van der Waals surface area contributed by atoms with Crippen LogP contribution in [0.2, 0.25) is 0 Å². The summed E-state index contributed by atoms with van der Waals surface area (Å²) in [5, 5.41) is 9.77. The van der Waals surface area contributed by atoms with Crippen molar-refractivity contribution in [3.8, 4) is 5.75 Å². The zero-order valence-corrected chi connectivity index (χ0v) is 8.25. The summed E-state index contributed by atoms with van der Waals surface area (Å²) in [4.78, 5) is 0. The van der Waals surface area contributed by atoms with E-state index in [2.05, 4.69) is 0 Å². The minimum atomic E-state index is -0.635. The summed E-state index contributed by atoms with van der Waals surface area (Å²) in [6.45, 7) is 3.68. The molecule has 14 heavy (non-hydrogen) atoms. The molecule has 0 fully saturated rings. The van der Waals surface area contributed by atoms with Crippen LogP contribution in [-0.4, -0.2) is 10.7 Å². The summed E-state index contributed by atoms with van der Waals surface area (Å²) in [5.41, 5.74) is 0.0403. The fourth-order valence-corrected chi connectivity index (χ4v) is 1.79. The molecule has 2 nitrogen and oxygen atoms in total. The van der Waals surface area contributed by atoms with Crippen molar-refractivity contribution in [2.45, 2.75) is 32.0 Å². The van der Waals surface area contributed by atoms with Gasteiger partial charge in [0.05, 0.1) is 6.10 Å². The summed E-state index contributed by atoms with van der Waals surface area (Å²) >= 11 is 0. The highest BCUT2D eigenvalue weighted by molar-refractivity contribution is 5.39. The smallest absolute Gasteiger partial charge is 0.165 e. The first-order chi connectivity index (χ1) is 6.49. The Hall–Kier alpha value is -1.09. The molecule has 0 bridgehead atoms. The van der Waals surface area contributed by atoms with Crippen molar-refractivity contribution in [2.24, 2.45) is 0 Å². The van der Waals surface area contributed by atoms with E-state index in [0.29, 0.717) is 12.0 Å². The quantitative estimate of drug-likeness (QED) is 0.690. The lowest BCUT2D eigenvalue weighted by molar-refractivity contribution is 0.00802. The Morgan fingerprint density at radius 2 is 2.21 bits per heavy atom. The molecule has 0 saturated heterocycles. The maximum Gasteiger partial charge on any atom is 0.165 e. The highest BCUT2D eigenvalue weighted by Crippen LogP contribution is 2.40. The summed E-state index contributed by atoms with van der Waals surface area (Å²) in [7, 11) is 0. The third kappa shape index (κ3) is 1.48. The number of rotatable bonds is 0. The molecule has 0 spiro atoms. The number of halogens is 1. The SMILES string of the molecule is CC1(C)C[C@@H](O)c2cccc(F)c2O1. The maximum atomic E-state index is 13.4. The highest BCUT2D eigenvalue weighted by atomic mass is 19.1. The maximum absolute atomic E-state index is 13.4. The van der Waals surface area contributed by atoms with Crippen LogP contribution < -0.4 is 4.74 Å². The minimum absolute atomic E-state index is 0.191. The molecule has 1 aliphatic heterocycles. The minimum Gasteiger partial charge on any atom is -0.484 e. The lowest BCUT2D eigenvalue weighted by atomic mass is 9.92. The number of hydrogen-bond donors (Lipinski definition) is 1. The molecule has 2 rings (SSSR count). The Labute approximate surface area is 82.3 Å². The molecule has 1 aliphatic rings. The van der Waals surface area contributed by atoms with Crippen LogP contribution in [0.15, 0.2) is 18.2 Å². The van der Waals surface area contributed by atoms with Gasteiger partial charge in [-0.2, -0.15) is 0 Å². The van der Waals surface area contributed by atoms with Crippen molar-refractivity contribution in [1.29, 1.82) is 0 Å². The number of benzene rings is 1. The van der Waals surface area contributed by atoms with Crippen molar-refractivity contribution in [1.82, 2.24) is 0 Å². The zero-order chi connectivity index (χ0) is 10.3. The Kier molecular flexibility index (Phi) is 2.00. The molecular weight excluding hydrogens is 183 g/mol. The average Bonchev–Trinajstić information content (AvgIpc) is 2.05. The first-order valence-corrected chi connectivity index (χ1v) is 4.65. The van der Waals surface area contributed by atoms with Crippen LogP contribution >= 0.6 is 0 Å². The van der Waals surface area contributed by atoms with Gasteiger partial charge in [0.15, 0.2) is 11.6 Å². The van der Waals surface area contributed by atoms with Crippen LogP contribution in [0, 0.1) is 5.82 Å². The zero-order valence-electron chi connectivity index (χ0n) is 8.25. The molecule has 0 saturated carbocycles. The van der Waals surface area contributed by atoms with Crippen LogP contribution in [0.25, 0.3) is 0 Å². The lowest BCUT2D eigenvalue weighted by Gasteiger charge is -2.35. The summed E-state index contributed by atoms with van der Waals surface area (Å²) < 4.78 is 18.8. The molecule has 0 unspecified atom stereocenters. The van der Waals surface area contributed by atoms with Gasteiger partial charge in [0, 0.05) is 12.0 Å². The normalized spacial score (nSPS) is 23.9. The van der Waals surface area contributed by atoms with Gasteiger partial charge in [-0.1, -0.05) is 12.1 Å². The summed E-state index contributed by atoms with van der Waals surface area (Å²) in [6.07, 6.45) is -0.145. The van der Waals surface area contributed by atoms with E-state index in [-0.39, 0.29) is 5.75 Å². The number of para-hydroxylation sites is 1. The Balaban J connectivity index is 2.51. The molecule has 1 atom stereocenters. The first kappa shape index (κ1) is 9.46. The van der Waals surface area contributed by atoms with Crippen LogP contribution in [0.3, 0.4) is 0 Å². The summed E-state index contributed by atoms with van der Waals surface area (Å²) in [6, 6.07) is 4.62. The van der Waals surface area contributed by atoms with Gasteiger partial charge < -0.3 is 9.84 Å². The highest BCUT2D eigenvalue weighted by Gasteiger charge is 2.34. The Morgan fingerprint density at radius 1 is 1.50 bits per heavy atom. The van der Waals surface area contributed by atoms with E-state index in [0.717, 1.165) is 0 Å². The van der Waals surface area contributed by atoms with Gasteiger partial charge in [0.2, 0.25) is 0 Å². The van der Waals surface area contributed by atoms with Crippen molar-refractivity contribution < 1.29 is 14.2 Å². The number of aliphatic hydroxyl groups is 1. The second kappa shape index (κ2) is 2.95. The van der Waals surface area contributed by atoms with Crippen molar-refractivity contribution in [3.63, 3.8) is 0 Å². The fraction of sp³-hybridized carbons (Fsp3) is 0.455.